The van der Waals surface area contributed by atoms with Gasteiger partial charge in [-0.15, -0.1) is 0 Å². The van der Waals surface area contributed by atoms with Crippen molar-refractivity contribution in [1.29, 1.82) is 0 Å². The van der Waals surface area contributed by atoms with E-state index in [1.165, 1.54) is 7.11 Å². The Morgan fingerprint density at radius 3 is 2.19 bits per heavy atom. The number of carbonyl (C=O) groups is 4. The average molecular weight is 379 g/mol. The predicted molar refractivity (Wildman–Crippen MR) is 96.4 cm³/mol. The minimum absolute atomic E-state index is 0.0841. The minimum atomic E-state index is -0.800. The van der Waals surface area contributed by atoms with Crippen molar-refractivity contribution in [2.75, 3.05) is 20.2 Å². The monoisotopic (exact) mass is 379 g/mol. The van der Waals surface area contributed by atoms with Gasteiger partial charge in [0.15, 0.2) is 0 Å². The van der Waals surface area contributed by atoms with E-state index in [0.717, 1.165) is 5.56 Å². The molecule has 9 nitrogen and oxygen atoms in total. The molecule has 0 radical (unpaired) electrons. The van der Waals surface area contributed by atoms with Crippen LogP contribution in [0.5, 0.6) is 0 Å². The first kappa shape index (κ1) is 21.9. The summed E-state index contributed by atoms with van der Waals surface area (Å²) in [6.45, 7) is 2.92. The maximum atomic E-state index is 11.8. The highest BCUT2D eigenvalue weighted by Gasteiger charge is 2.24. The van der Waals surface area contributed by atoms with E-state index in [1.807, 2.05) is 18.2 Å². The molecular weight excluding hydrogens is 354 g/mol. The van der Waals surface area contributed by atoms with Crippen LogP contribution in [0.1, 0.15) is 19.4 Å². The second-order valence-electron chi connectivity index (χ2n) is 6.00. The first-order valence-corrected chi connectivity index (χ1v) is 8.42. The number of alkyl carbamates (subject to hydrolysis) is 1. The van der Waals surface area contributed by atoms with Gasteiger partial charge in [0.05, 0.1) is 13.7 Å². The number of benzene rings is 1. The van der Waals surface area contributed by atoms with E-state index in [0.29, 0.717) is 0 Å². The number of rotatable bonds is 9. The van der Waals surface area contributed by atoms with Crippen LogP contribution in [-0.2, 0) is 30.5 Å². The van der Waals surface area contributed by atoms with Crippen molar-refractivity contribution >= 4 is 23.9 Å². The molecule has 9 heteroatoms. The van der Waals surface area contributed by atoms with Crippen molar-refractivity contribution in [3.63, 3.8) is 0 Å². The van der Waals surface area contributed by atoms with E-state index in [2.05, 4.69) is 20.7 Å². The number of hydrogen-bond acceptors (Lipinski definition) is 6. The highest BCUT2D eigenvalue weighted by atomic mass is 16.5. The molecule has 0 bridgehead atoms. The van der Waals surface area contributed by atoms with Crippen molar-refractivity contribution < 1.29 is 28.7 Å². The molecule has 0 aliphatic rings. The second-order valence-corrected chi connectivity index (χ2v) is 6.00. The second kappa shape index (κ2) is 11.5. The molecule has 1 atom stereocenters. The number of amides is 3. The molecule has 3 N–H and O–H groups in total. The topological polar surface area (TPSA) is 123 Å². The highest BCUT2D eigenvalue weighted by Crippen LogP contribution is 2.03. The lowest BCUT2D eigenvalue weighted by Crippen LogP contribution is -2.49. The lowest BCUT2D eigenvalue weighted by atomic mass is 10.0. The largest absolute Gasteiger partial charge is 0.467 e. The molecule has 27 heavy (non-hydrogen) atoms. The van der Waals surface area contributed by atoms with Gasteiger partial charge in [-0.05, 0) is 11.5 Å². The van der Waals surface area contributed by atoms with Gasteiger partial charge in [-0.3, -0.25) is 9.59 Å². The minimum Gasteiger partial charge on any atom is -0.467 e. The van der Waals surface area contributed by atoms with E-state index < -0.39 is 29.9 Å². The molecule has 0 saturated heterocycles. The van der Waals surface area contributed by atoms with E-state index in [4.69, 9.17) is 4.74 Å². The van der Waals surface area contributed by atoms with Crippen LogP contribution in [0.15, 0.2) is 30.3 Å². The van der Waals surface area contributed by atoms with Crippen LogP contribution >= 0.6 is 0 Å². The van der Waals surface area contributed by atoms with Gasteiger partial charge in [0.25, 0.3) is 0 Å². The molecule has 148 valence electrons. The van der Waals surface area contributed by atoms with Gasteiger partial charge in [0.1, 0.15) is 19.2 Å². The van der Waals surface area contributed by atoms with Gasteiger partial charge in [0.2, 0.25) is 11.8 Å². The molecule has 1 rings (SSSR count). The SMILES string of the molecule is COC(=O)C(NC(=O)CNC(=O)CNC(=O)OCc1ccccc1)C(C)C. The van der Waals surface area contributed by atoms with Crippen molar-refractivity contribution in [2.45, 2.75) is 26.5 Å². The smallest absolute Gasteiger partial charge is 0.407 e. The molecule has 0 aliphatic carbocycles. The van der Waals surface area contributed by atoms with Crippen LogP contribution in [0.4, 0.5) is 4.79 Å². The van der Waals surface area contributed by atoms with Gasteiger partial charge in [-0.1, -0.05) is 44.2 Å². The molecule has 1 aromatic rings. The van der Waals surface area contributed by atoms with Crippen LogP contribution in [0.25, 0.3) is 0 Å². The number of methoxy groups -OCH3 is 1. The Bertz CT molecular complexity index is 648. The zero-order valence-electron chi connectivity index (χ0n) is 15.6. The summed E-state index contributed by atoms with van der Waals surface area (Å²) >= 11 is 0. The Hall–Kier alpha value is -3.10. The van der Waals surface area contributed by atoms with E-state index in [9.17, 15) is 19.2 Å². The molecule has 0 aliphatic heterocycles. The first-order valence-electron chi connectivity index (χ1n) is 8.42. The third-order valence-corrected chi connectivity index (χ3v) is 3.49. The zero-order chi connectivity index (χ0) is 20.2. The summed E-state index contributed by atoms with van der Waals surface area (Å²) in [4.78, 5) is 46.6. The summed E-state index contributed by atoms with van der Waals surface area (Å²) in [5.74, 6) is -1.84. The summed E-state index contributed by atoms with van der Waals surface area (Å²) in [5.41, 5.74) is 0.819. The van der Waals surface area contributed by atoms with Gasteiger partial charge in [-0.2, -0.15) is 0 Å². The van der Waals surface area contributed by atoms with Crippen LogP contribution < -0.4 is 16.0 Å². The Balaban J connectivity index is 2.26. The Kier molecular flexibility index (Phi) is 9.35. The van der Waals surface area contributed by atoms with Crippen LogP contribution in [-0.4, -0.2) is 50.1 Å². The fourth-order valence-electron chi connectivity index (χ4n) is 2.02. The fraction of sp³-hybridized carbons (Fsp3) is 0.444. The molecule has 0 spiro atoms. The van der Waals surface area contributed by atoms with E-state index in [-0.39, 0.29) is 25.6 Å². The number of nitrogens with one attached hydrogen (secondary N) is 3. The van der Waals surface area contributed by atoms with Gasteiger partial charge in [0, 0.05) is 0 Å². The van der Waals surface area contributed by atoms with Crippen molar-refractivity contribution in [3.05, 3.63) is 35.9 Å². The summed E-state index contributed by atoms with van der Waals surface area (Å²) in [6.07, 6.45) is -0.746. The summed E-state index contributed by atoms with van der Waals surface area (Å²) in [5, 5.41) is 7.11. The van der Waals surface area contributed by atoms with Crippen LogP contribution in [0.3, 0.4) is 0 Å². The molecule has 3 amide bonds. The Morgan fingerprint density at radius 2 is 1.59 bits per heavy atom. The molecule has 1 unspecified atom stereocenters. The first-order chi connectivity index (χ1) is 12.8. The maximum absolute atomic E-state index is 11.8. The number of carbonyl (C=O) groups excluding carboxylic acids is 4. The van der Waals surface area contributed by atoms with Crippen LogP contribution in [0, 0.1) is 5.92 Å². The lowest BCUT2D eigenvalue weighted by molar-refractivity contribution is -0.146. The van der Waals surface area contributed by atoms with E-state index in [1.54, 1.807) is 26.0 Å². The van der Waals surface area contributed by atoms with Gasteiger partial charge >= 0.3 is 12.1 Å². The highest BCUT2D eigenvalue weighted by molar-refractivity contribution is 5.89. The van der Waals surface area contributed by atoms with E-state index >= 15 is 0 Å². The van der Waals surface area contributed by atoms with Crippen molar-refractivity contribution in [3.8, 4) is 0 Å². The number of ether oxygens (including phenoxy) is 2. The summed E-state index contributed by atoms with van der Waals surface area (Å²) < 4.78 is 9.58. The van der Waals surface area contributed by atoms with Gasteiger partial charge < -0.3 is 25.4 Å². The predicted octanol–water partition coefficient (Wildman–Crippen LogP) is 0.343. The fourth-order valence-corrected chi connectivity index (χ4v) is 2.02. The molecular formula is C18H25N3O6. The lowest BCUT2D eigenvalue weighted by Gasteiger charge is -2.19. The third kappa shape index (κ3) is 8.70. The van der Waals surface area contributed by atoms with Crippen LogP contribution in [0.2, 0.25) is 0 Å². The third-order valence-electron chi connectivity index (χ3n) is 3.49. The molecule has 1 aromatic carbocycles. The number of hydrogen-bond donors (Lipinski definition) is 3. The number of esters is 1. The molecule has 0 saturated carbocycles. The molecule has 0 aromatic heterocycles. The maximum Gasteiger partial charge on any atom is 0.407 e. The molecule has 0 heterocycles. The summed E-state index contributed by atoms with van der Waals surface area (Å²) in [6, 6.07) is 8.29. The normalized spacial score (nSPS) is 11.3. The Morgan fingerprint density at radius 1 is 0.963 bits per heavy atom. The zero-order valence-corrected chi connectivity index (χ0v) is 15.6. The van der Waals surface area contributed by atoms with Crippen molar-refractivity contribution in [2.24, 2.45) is 5.92 Å². The van der Waals surface area contributed by atoms with Crippen molar-refractivity contribution in [1.82, 2.24) is 16.0 Å². The average Bonchev–Trinajstić information content (AvgIpc) is 2.67. The summed E-state index contributed by atoms with van der Waals surface area (Å²) in [7, 11) is 1.23. The Labute approximate surface area is 157 Å². The van der Waals surface area contributed by atoms with Gasteiger partial charge in [-0.25, -0.2) is 9.59 Å². The molecule has 0 fully saturated rings. The quantitative estimate of drug-likeness (QED) is 0.532. The standard InChI is InChI=1S/C18H25N3O6/c1-12(2)16(17(24)26-3)21-15(23)10-19-14(22)9-20-18(25)27-11-13-7-5-4-6-8-13/h4-8,12,16H,9-11H2,1-3H3,(H,19,22)(H,20,25)(H,21,23).